The molecule has 5 heteroatoms. The fraction of sp³-hybridized carbons (Fsp3) is 0.800. The Kier molecular flexibility index (Phi) is 4.45. The van der Waals surface area contributed by atoms with E-state index in [2.05, 4.69) is 17.1 Å². The van der Waals surface area contributed by atoms with E-state index in [0.717, 1.165) is 24.7 Å². The summed E-state index contributed by atoms with van der Waals surface area (Å²) in [5.74, 6) is 1.68. The van der Waals surface area contributed by atoms with E-state index in [0.29, 0.717) is 18.2 Å². The number of aliphatic carboxylic acids is 1. The van der Waals surface area contributed by atoms with Gasteiger partial charge in [0.2, 0.25) is 11.8 Å². The largest absolute Gasteiger partial charge is 0.481 e. The lowest BCUT2D eigenvalue weighted by Crippen LogP contribution is -2.19. The Morgan fingerprint density at radius 1 is 1.30 bits per heavy atom. The van der Waals surface area contributed by atoms with Gasteiger partial charge in [-0.15, -0.1) is 10.2 Å². The Hall–Kier alpha value is -1.39. The minimum Gasteiger partial charge on any atom is -0.481 e. The Bertz CT molecular complexity index is 459. The first-order valence-corrected chi connectivity index (χ1v) is 7.40. The molecule has 0 aliphatic heterocycles. The molecule has 1 aromatic rings. The number of carboxylic acids is 1. The van der Waals surface area contributed by atoms with Crippen LogP contribution in [0.4, 0.5) is 0 Å². The van der Waals surface area contributed by atoms with Crippen LogP contribution in [0.3, 0.4) is 0 Å². The van der Waals surface area contributed by atoms with Gasteiger partial charge in [-0.25, -0.2) is 0 Å². The van der Waals surface area contributed by atoms with Crippen LogP contribution in [0.1, 0.15) is 70.6 Å². The summed E-state index contributed by atoms with van der Waals surface area (Å²) in [5, 5.41) is 17.2. The maximum atomic E-state index is 10.8. The normalized spacial score (nSPS) is 23.8. The summed E-state index contributed by atoms with van der Waals surface area (Å²) >= 11 is 0. The van der Waals surface area contributed by atoms with Gasteiger partial charge in [0.15, 0.2) is 0 Å². The molecular formula is C15H24N2O3. The summed E-state index contributed by atoms with van der Waals surface area (Å²) in [6.07, 6.45) is 5.27. The monoisotopic (exact) mass is 280 g/mol. The van der Waals surface area contributed by atoms with Gasteiger partial charge in [0.05, 0.1) is 6.42 Å². The van der Waals surface area contributed by atoms with E-state index in [1.165, 1.54) is 12.8 Å². The summed E-state index contributed by atoms with van der Waals surface area (Å²) in [6.45, 7) is 6.10. The van der Waals surface area contributed by atoms with Crippen molar-refractivity contribution in [3.05, 3.63) is 11.8 Å². The molecule has 1 saturated carbocycles. The summed E-state index contributed by atoms with van der Waals surface area (Å²) < 4.78 is 5.76. The van der Waals surface area contributed by atoms with Crippen LogP contribution in [0, 0.1) is 11.3 Å². The van der Waals surface area contributed by atoms with Crippen LogP contribution in [0.5, 0.6) is 0 Å². The second-order valence-corrected chi connectivity index (χ2v) is 6.90. The first kappa shape index (κ1) is 15.0. The van der Waals surface area contributed by atoms with Crippen molar-refractivity contribution in [2.24, 2.45) is 11.3 Å². The molecule has 1 N–H and O–H groups in total. The smallest absolute Gasteiger partial charge is 0.303 e. The fourth-order valence-electron chi connectivity index (χ4n) is 2.89. The number of hydrogen-bond acceptors (Lipinski definition) is 4. The van der Waals surface area contributed by atoms with Gasteiger partial charge in [0.1, 0.15) is 0 Å². The molecule has 112 valence electrons. The molecule has 0 saturated heterocycles. The van der Waals surface area contributed by atoms with Gasteiger partial charge in [-0.2, -0.15) is 0 Å². The molecular weight excluding hydrogens is 256 g/mol. The zero-order chi connectivity index (χ0) is 14.8. The van der Waals surface area contributed by atoms with Crippen molar-refractivity contribution in [2.75, 3.05) is 0 Å². The third kappa shape index (κ3) is 4.05. The van der Waals surface area contributed by atoms with Crippen molar-refractivity contribution in [3.63, 3.8) is 0 Å². The van der Waals surface area contributed by atoms with Gasteiger partial charge in [0, 0.05) is 12.3 Å². The van der Waals surface area contributed by atoms with Crippen molar-refractivity contribution < 1.29 is 14.3 Å². The predicted octanol–water partition coefficient (Wildman–Crippen LogP) is 3.41. The third-order valence-electron chi connectivity index (χ3n) is 4.11. The van der Waals surface area contributed by atoms with Gasteiger partial charge >= 0.3 is 5.97 Å². The highest BCUT2D eigenvalue weighted by Crippen LogP contribution is 2.35. The van der Waals surface area contributed by atoms with Crippen LogP contribution in [0.15, 0.2) is 4.42 Å². The van der Waals surface area contributed by atoms with Crippen molar-refractivity contribution in [2.45, 2.75) is 65.2 Å². The highest BCUT2D eigenvalue weighted by molar-refractivity contribution is 5.67. The molecule has 0 bridgehead atoms. The maximum Gasteiger partial charge on any atom is 0.303 e. The van der Waals surface area contributed by atoms with Crippen LogP contribution in [0.2, 0.25) is 0 Å². The molecule has 20 heavy (non-hydrogen) atoms. The van der Waals surface area contributed by atoms with Crippen molar-refractivity contribution in [1.82, 2.24) is 10.2 Å². The summed E-state index contributed by atoms with van der Waals surface area (Å²) in [4.78, 5) is 10.8. The highest BCUT2D eigenvalue weighted by atomic mass is 16.4. The summed E-state index contributed by atoms with van der Waals surface area (Å²) in [6, 6.07) is 0. The second kappa shape index (κ2) is 5.94. The lowest BCUT2D eigenvalue weighted by molar-refractivity contribution is -0.139. The molecule has 0 amide bonds. The molecule has 0 aromatic carbocycles. The second-order valence-electron chi connectivity index (χ2n) is 6.90. The Balaban J connectivity index is 1.97. The van der Waals surface area contributed by atoms with E-state index in [9.17, 15) is 4.79 Å². The number of rotatable bonds is 5. The van der Waals surface area contributed by atoms with E-state index in [-0.39, 0.29) is 11.8 Å². The molecule has 1 aromatic heterocycles. The number of hydrogen-bond donors (Lipinski definition) is 1. The number of carbonyl (C=O) groups is 1. The Morgan fingerprint density at radius 3 is 2.55 bits per heavy atom. The van der Waals surface area contributed by atoms with Crippen molar-refractivity contribution >= 4 is 5.97 Å². The van der Waals surface area contributed by atoms with Crippen LogP contribution in [0.25, 0.3) is 0 Å². The van der Waals surface area contributed by atoms with Crippen molar-refractivity contribution in [1.29, 1.82) is 0 Å². The van der Waals surface area contributed by atoms with Gasteiger partial charge < -0.3 is 9.52 Å². The van der Waals surface area contributed by atoms with Gasteiger partial charge in [0.25, 0.3) is 0 Å². The van der Waals surface area contributed by atoms with Crippen LogP contribution in [-0.4, -0.2) is 21.3 Å². The molecule has 0 spiro atoms. The van der Waals surface area contributed by atoms with E-state index >= 15 is 0 Å². The van der Waals surface area contributed by atoms with E-state index in [1.807, 2.05) is 13.8 Å². The predicted molar refractivity (Wildman–Crippen MR) is 74.4 cm³/mol. The van der Waals surface area contributed by atoms with Crippen molar-refractivity contribution in [3.8, 4) is 0 Å². The molecule has 0 radical (unpaired) electrons. The lowest BCUT2D eigenvalue weighted by atomic mass is 9.83. The minimum atomic E-state index is -0.795. The zero-order valence-electron chi connectivity index (χ0n) is 12.6. The summed E-state index contributed by atoms with van der Waals surface area (Å²) in [7, 11) is 0. The lowest BCUT2D eigenvalue weighted by Gasteiger charge is -2.23. The third-order valence-corrected chi connectivity index (χ3v) is 4.11. The van der Waals surface area contributed by atoms with Crippen LogP contribution in [-0.2, 0) is 11.2 Å². The highest BCUT2D eigenvalue weighted by Gasteiger charge is 2.28. The van der Waals surface area contributed by atoms with E-state index in [1.54, 1.807) is 0 Å². The van der Waals surface area contributed by atoms with Gasteiger partial charge in [-0.1, -0.05) is 20.8 Å². The first-order valence-electron chi connectivity index (χ1n) is 7.40. The molecule has 5 nitrogen and oxygen atoms in total. The average molecular weight is 280 g/mol. The Labute approximate surface area is 119 Å². The minimum absolute atomic E-state index is 0.103. The fourth-order valence-corrected chi connectivity index (χ4v) is 2.89. The van der Waals surface area contributed by atoms with E-state index in [4.69, 9.17) is 9.52 Å². The molecule has 1 aliphatic rings. The quantitative estimate of drug-likeness (QED) is 0.894. The molecule has 1 heterocycles. The van der Waals surface area contributed by atoms with Gasteiger partial charge in [-0.05, 0) is 37.0 Å². The standard InChI is InChI=1S/C15H24N2O3/c1-10-4-6-11(7-5-10)14-17-16-12(20-14)8-15(2,3)9-13(18)19/h10-11H,4-9H2,1-3H3,(H,18,19). The molecule has 0 atom stereocenters. The van der Waals surface area contributed by atoms with Crippen LogP contribution < -0.4 is 0 Å². The SMILES string of the molecule is CC1CCC(c2nnc(CC(C)(C)CC(=O)O)o2)CC1. The first-order chi connectivity index (χ1) is 9.35. The maximum absolute atomic E-state index is 10.8. The molecule has 1 aliphatic carbocycles. The summed E-state index contributed by atoms with van der Waals surface area (Å²) in [5.41, 5.74) is -0.364. The van der Waals surface area contributed by atoms with E-state index < -0.39 is 5.97 Å². The zero-order valence-corrected chi connectivity index (χ0v) is 12.6. The Morgan fingerprint density at radius 2 is 1.95 bits per heavy atom. The molecule has 2 rings (SSSR count). The number of aromatic nitrogens is 2. The van der Waals surface area contributed by atoms with Gasteiger partial charge in [-0.3, -0.25) is 4.79 Å². The topological polar surface area (TPSA) is 76.2 Å². The average Bonchev–Trinajstić information content (AvgIpc) is 2.75. The van der Waals surface area contributed by atoms with Crippen LogP contribution >= 0.6 is 0 Å². The molecule has 0 unspecified atom stereocenters. The number of nitrogens with zero attached hydrogens (tertiary/aromatic N) is 2. The molecule has 1 fully saturated rings. The number of carboxylic acid groups (broad SMARTS) is 1.